The van der Waals surface area contributed by atoms with Crippen LogP contribution in [0.15, 0.2) is 66.0 Å². The molecule has 4 aromatic rings. The van der Waals surface area contributed by atoms with Crippen LogP contribution in [0.3, 0.4) is 0 Å². The second kappa shape index (κ2) is 10.1. The van der Waals surface area contributed by atoms with Crippen LogP contribution in [-0.4, -0.2) is 45.0 Å². The van der Waals surface area contributed by atoms with Crippen molar-refractivity contribution in [1.29, 1.82) is 0 Å². The minimum Gasteiger partial charge on any atom is -0.355 e. The lowest BCUT2D eigenvalue weighted by Crippen LogP contribution is -2.44. The van der Waals surface area contributed by atoms with Gasteiger partial charge in [-0.15, -0.1) is 16.9 Å². The Morgan fingerprint density at radius 1 is 1.11 bits per heavy atom. The number of hydrogen-bond donors (Lipinski definition) is 1. The van der Waals surface area contributed by atoms with E-state index in [2.05, 4.69) is 74.9 Å². The molecule has 1 aliphatic rings. The van der Waals surface area contributed by atoms with Gasteiger partial charge in [0.05, 0.1) is 23.0 Å². The summed E-state index contributed by atoms with van der Waals surface area (Å²) < 4.78 is 1.85. The molecule has 0 spiro atoms. The van der Waals surface area contributed by atoms with E-state index in [0.29, 0.717) is 12.2 Å². The Kier molecular flexibility index (Phi) is 6.72. The zero-order valence-electron chi connectivity index (χ0n) is 20.3. The molecule has 0 saturated carbocycles. The molecule has 2 aromatic heterocycles. The van der Waals surface area contributed by atoms with Gasteiger partial charge in [0.25, 0.3) is 0 Å². The van der Waals surface area contributed by atoms with Crippen LogP contribution in [0.2, 0.25) is 0 Å². The third-order valence-electron chi connectivity index (χ3n) is 6.66. The van der Waals surface area contributed by atoms with Gasteiger partial charge in [-0.05, 0) is 62.8 Å². The van der Waals surface area contributed by atoms with Gasteiger partial charge in [-0.1, -0.05) is 29.8 Å². The van der Waals surface area contributed by atoms with Gasteiger partial charge in [-0.25, -0.2) is 14.6 Å². The summed E-state index contributed by atoms with van der Waals surface area (Å²) in [5.41, 5.74) is 3.96. The summed E-state index contributed by atoms with van der Waals surface area (Å²) in [7, 11) is 0. The third-order valence-corrected chi connectivity index (χ3v) is 7.40. The number of thioether (sulfide) groups is 1. The fourth-order valence-electron chi connectivity index (χ4n) is 4.60. The van der Waals surface area contributed by atoms with Gasteiger partial charge < -0.3 is 10.2 Å². The number of aromatic nitrogens is 4. The molecular weight excluding hydrogens is 456 g/mol. The Hall–Kier alpha value is -3.39. The number of rotatable bonds is 6. The number of nitrogens with zero attached hydrogens (tertiary/aromatic N) is 5. The average Bonchev–Trinajstić information content (AvgIpc) is 3.33. The van der Waals surface area contributed by atoms with Crippen molar-refractivity contribution in [1.82, 2.24) is 25.1 Å². The first kappa shape index (κ1) is 23.4. The van der Waals surface area contributed by atoms with Crippen molar-refractivity contribution in [3.05, 3.63) is 72.2 Å². The van der Waals surface area contributed by atoms with Crippen LogP contribution in [0.4, 0.5) is 5.82 Å². The Bertz CT molecular complexity index is 1320. The number of anilines is 1. The van der Waals surface area contributed by atoms with E-state index >= 15 is 0 Å². The molecule has 2 aromatic carbocycles. The Labute approximate surface area is 210 Å². The van der Waals surface area contributed by atoms with Gasteiger partial charge in [-0.3, -0.25) is 4.79 Å². The lowest BCUT2D eigenvalue weighted by Gasteiger charge is -2.33. The van der Waals surface area contributed by atoms with Gasteiger partial charge in [0.15, 0.2) is 5.65 Å². The molecule has 35 heavy (non-hydrogen) atoms. The van der Waals surface area contributed by atoms with Gasteiger partial charge >= 0.3 is 0 Å². The van der Waals surface area contributed by atoms with Crippen molar-refractivity contribution >= 4 is 34.5 Å². The third kappa shape index (κ3) is 5.03. The predicted molar refractivity (Wildman–Crippen MR) is 141 cm³/mol. The first-order valence-electron chi connectivity index (χ1n) is 12.0. The maximum absolute atomic E-state index is 13.2. The molecule has 1 amide bonds. The lowest BCUT2D eigenvalue weighted by atomic mass is 9.96. The molecule has 1 aliphatic heterocycles. The highest BCUT2D eigenvalue weighted by Crippen LogP contribution is 2.28. The summed E-state index contributed by atoms with van der Waals surface area (Å²) >= 11 is 1.72. The number of piperidine rings is 1. The van der Waals surface area contributed by atoms with E-state index in [4.69, 9.17) is 0 Å². The van der Waals surface area contributed by atoms with Crippen molar-refractivity contribution in [2.45, 2.75) is 37.6 Å². The van der Waals surface area contributed by atoms with Crippen LogP contribution in [0.1, 0.15) is 36.9 Å². The molecule has 0 unspecified atom stereocenters. The molecular formula is C27H30N6OS. The predicted octanol–water partition coefficient (Wildman–Crippen LogP) is 4.94. The highest BCUT2D eigenvalue weighted by molar-refractivity contribution is 7.98. The van der Waals surface area contributed by atoms with Crippen LogP contribution in [0.25, 0.3) is 16.7 Å². The Balaban J connectivity index is 1.32. The smallest absolute Gasteiger partial charge is 0.225 e. The maximum Gasteiger partial charge on any atom is 0.225 e. The van der Waals surface area contributed by atoms with E-state index < -0.39 is 0 Å². The summed E-state index contributed by atoms with van der Waals surface area (Å²) in [4.78, 5) is 25.6. The molecule has 8 heteroatoms. The van der Waals surface area contributed by atoms with Gasteiger partial charge in [0.1, 0.15) is 12.1 Å². The summed E-state index contributed by atoms with van der Waals surface area (Å²) in [5, 5.41) is 8.79. The summed E-state index contributed by atoms with van der Waals surface area (Å²) in [5.74, 6) is 0.845. The summed E-state index contributed by atoms with van der Waals surface area (Å²) in [6, 6.07) is 16.6. The number of carbonyl (C=O) groups excluding carboxylic acids is 1. The molecule has 1 saturated heterocycles. The molecule has 7 nitrogen and oxygen atoms in total. The number of benzene rings is 2. The zero-order valence-corrected chi connectivity index (χ0v) is 21.1. The number of carbonyl (C=O) groups is 1. The van der Waals surface area contributed by atoms with Crippen LogP contribution in [0.5, 0.6) is 0 Å². The molecule has 0 aliphatic carbocycles. The topological polar surface area (TPSA) is 75.9 Å². The van der Waals surface area contributed by atoms with Crippen molar-refractivity contribution in [3.8, 4) is 5.69 Å². The monoisotopic (exact) mass is 486 g/mol. The molecule has 1 N–H and O–H groups in total. The fraction of sp³-hybridized carbons (Fsp3) is 0.333. The largest absolute Gasteiger partial charge is 0.355 e. The maximum atomic E-state index is 13.2. The van der Waals surface area contributed by atoms with Crippen molar-refractivity contribution in [2.75, 3.05) is 24.2 Å². The first-order valence-corrected chi connectivity index (χ1v) is 13.2. The highest BCUT2D eigenvalue weighted by atomic mass is 32.2. The minimum atomic E-state index is -0.0890. The first-order chi connectivity index (χ1) is 17.0. The normalized spacial score (nSPS) is 16.9. The summed E-state index contributed by atoms with van der Waals surface area (Å²) in [6.45, 7) is 5.60. The van der Waals surface area contributed by atoms with Gasteiger partial charge in [0, 0.05) is 24.2 Å². The minimum absolute atomic E-state index is 0.0349. The SMILES string of the molecule is CSc1ccc([C@H](C)NC(=O)[C@H]2CCCN(c3ncnc4nn(-c5ccc(C)cc5)cc34)C2)cc1. The second-order valence-electron chi connectivity index (χ2n) is 9.13. The van der Waals surface area contributed by atoms with E-state index in [-0.39, 0.29) is 17.9 Å². The standard InChI is InChI=1S/C27H30N6OS/c1-18-6-10-22(11-7-18)33-16-24-25(31-33)28-17-29-26(24)32-14-4-5-21(15-32)27(34)30-19(2)20-8-12-23(35-3)13-9-20/h6-13,16-17,19,21H,4-5,14-15H2,1-3H3,(H,30,34)/t19-,21-/m0/s1. The van der Waals surface area contributed by atoms with Crippen LogP contribution < -0.4 is 10.2 Å². The van der Waals surface area contributed by atoms with Gasteiger partial charge in [-0.2, -0.15) is 0 Å². The number of nitrogens with one attached hydrogen (secondary N) is 1. The number of fused-ring (bicyclic) bond motifs is 1. The highest BCUT2D eigenvalue weighted by Gasteiger charge is 2.29. The van der Waals surface area contributed by atoms with E-state index in [9.17, 15) is 4.79 Å². The van der Waals surface area contributed by atoms with E-state index in [1.807, 2.05) is 29.9 Å². The quantitative estimate of drug-likeness (QED) is 0.389. The van der Waals surface area contributed by atoms with E-state index in [1.54, 1.807) is 18.1 Å². The molecule has 5 rings (SSSR count). The zero-order chi connectivity index (χ0) is 24.4. The molecule has 0 bridgehead atoms. The Morgan fingerprint density at radius 2 is 1.89 bits per heavy atom. The van der Waals surface area contributed by atoms with Crippen molar-refractivity contribution in [2.24, 2.45) is 5.92 Å². The average molecular weight is 487 g/mol. The number of hydrogen-bond acceptors (Lipinski definition) is 6. The fourth-order valence-corrected chi connectivity index (χ4v) is 5.01. The van der Waals surface area contributed by atoms with Crippen LogP contribution in [0, 0.1) is 12.8 Å². The van der Waals surface area contributed by atoms with Gasteiger partial charge in [0.2, 0.25) is 5.91 Å². The summed E-state index contributed by atoms with van der Waals surface area (Å²) in [6.07, 6.45) is 7.42. The molecule has 2 atom stereocenters. The second-order valence-corrected chi connectivity index (χ2v) is 10.0. The van der Waals surface area contributed by atoms with Crippen molar-refractivity contribution < 1.29 is 4.79 Å². The van der Waals surface area contributed by atoms with Crippen LogP contribution >= 0.6 is 11.8 Å². The van der Waals surface area contributed by atoms with E-state index in [1.165, 1.54) is 10.5 Å². The molecule has 0 radical (unpaired) electrons. The molecule has 180 valence electrons. The Morgan fingerprint density at radius 3 is 2.63 bits per heavy atom. The van der Waals surface area contributed by atoms with Crippen LogP contribution in [-0.2, 0) is 4.79 Å². The lowest BCUT2D eigenvalue weighted by molar-refractivity contribution is -0.125. The van der Waals surface area contributed by atoms with Crippen molar-refractivity contribution in [3.63, 3.8) is 0 Å². The number of amides is 1. The molecule has 1 fully saturated rings. The molecule has 3 heterocycles. The van der Waals surface area contributed by atoms with E-state index in [0.717, 1.165) is 41.8 Å². The number of aryl methyl sites for hydroxylation is 1.